The highest BCUT2D eigenvalue weighted by atomic mass is 16.5. The van der Waals surface area contributed by atoms with Gasteiger partial charge in [-0.3, -0.25) is 9.59 Å². The number of hydrogen-bond donors (Lipinski definition) is 0. The third kappa shape index (κ3) is 5.74. The number of amides is 1. The number of carbonyl (C=O) groups excluding carboxylic acids is 2. The summed E-state index contributed by atoms with van der Waals surface area (Å²) in [7, 11) is 4.48. The first-order chi connectivity index (χ1) is 13.5. The molecule has 0 aromatic heterocycles. The van der Waals surface area contributed by atoms with Crippen molar-refractivity contribution in [1.29, 1.82) is 0 Å². The second kappa shape index (κ2) is 10.3. The van der Waals surface area contributed by atoms with E-state index in [1.54, 1.807) is 14.2 Å². The average Bonchev–Trinajstić information content (AvgIpc) is 2.72. The SMILES string of the molecule is COC(=O)CN(Cc1ccccc1C)C(=O)CCc1ccc(OC)c(OC)c1. The van der Waals surface area contributed by atoms with Gasteiger partial charge in [-0.15, -0.1) is 0 Å². The molecule has 6 heteroatoms. The second-order valence-electron chi connectivity index (χ2n) is 6.44. The quantitative estimate of drug-likeness (QED) is 0.621. The Morgan fingerprint density at radius 1 is 0.964 bits per heavy atom. The van der Waals surface area contributed by atoms with Gasteiger partial charge in [0.05, 0.1) is 21.3 Å². The maximum Gasteiger partial charge on any atom is 0.325 e. The van der Waals surface area contributed by atoms with E-state index in [1.165, 1.54) is 12.0 Å². The lowest BCUT2D eigenvalue weighted by atomic mass is 10.1. The van der Waals surface area contributed by atoms with Gasteiger partial charge in [0.25, 0.3) is 0 Å². The van der Waals surface area contributed by atoms with Crippen LogP contribution >= 0.6 is 0 Å². The Kier molecular flexibility index (Phi) is 7.87. The second-order valence-corrected chi connectivity index (χ2v) is 6.44. The van der Waals surface area contributed by atoms with Gasteiger partial charge in [0.15, 0.2) is 11.5 Å². The number of hydrogen-bond acceptors (Lipinski definition) is 5. The topological polar surface area (TPSA) is 65.1 Å². The molecule has 2 aromatic rings. The molecular formula is C22H27NO5. The fourth-order valence-electron chi connectivity index (χ4n) is 2.89. The zero-order chi connectivity index (χ0) is 20.5. The summed E-state index contributed by atoms with van der Waals surface area (Å²) in [6, 6.07) is 13.4. The summed E-state index contributed by atoms with van der Waals surface area (Å²) in [6.45, 7) is 2.28. The van der Waals surface area contributed by atoms with E-state index in [9.17, 15) is 9.59 Å². The number of carbonyl (C=O) groups is 2. The Morgan fingerprint density at radius 3 is 2.32 bits per heavy atom. The Morgan fingerprint density at radius 2 is 1.68 bits per heavy atom. The first-order valence-electron chi connectivity index (χ1n) is 9.08. The van der Waals surface area contributed by atoms with Crippen molar-refractivity contribution in [3.8, 4) is 11.5 Å². The number of rotatable bonds is 9. The van der Waals surface area contributed by atoms with Gasteiger partial charge in [-0.05, 0) is 42.2 Å². The molecule has 0 aliphatic carbocycles. The van der Waals surface area contributed by atoms with Gasteiger partial charge in [0.1, 0.15) is 6.54 Å². The molecule has 0 unspecified atom stereocenters. The smallest absolute Gasteiger partial charge is 0.325 e. The van der Waals surface area contributed by atoms with Crippen LogP contribution in [0.5, 0.6) is 11.5 Å². The lowest BCUT2D eigenvalue weighted by molar-refractivity contribution is -0.147. The zero-order valence-electron chi connectivity index (χ0n) is 16.9. The van der Waals surface area contributed by atoms with E-state index >= 15 is 0 Å². The van der Waals surface area contributed by atoms with E-state index in [2.05, 4.69) is 0 Å². The number of ether oxygens (including phenoxy) is 3. The van der Waals surface area contributed by atoms with Crippen LogP contribution in [0.25, 0.3) is 0 Å². The molecule has 2 aromatic carbocycles. The van der Waals surface area contributed by atoms with Crippen molar-refractivity contribution in [2.45, 2.75) is 26.3 Å². The molecule has 0 saturated heterocycles. The first kappa shape index (κ1) is 21.3. The molecule has 0 heterocycles. The van der Waals surface area contributed by atoms with Crippen molar-refractivity contribution in [2.24, 2.45) is 0 Å². The molecule has 1 amide bonds. The fraction of sp³-hybridized carbons (Fsp3) is 0.364. The maximum absolute atomic E-state index is 12.8. The Hall–Kier alpha value is -3.02. The van der Waals surface area contributed by atoms with Crippen molar-refractivity contribution in [3.05, 3.63) is 59.2 Å². The highest BCUT2D eigenvalue weighted by Crippen LogP contribution is 2.28. The van der Waals surface area contributed by atoms with Gasteiger partial charge in [0.2, 0.25) is 5.91 Å². The number of methoxy groups -OCH3 is 3. The van der Waals surface area contributed by atoms with E-state index < -0.39 is 5.97 Å². The molecule has 0 aliphatic heterocycles. The molecule has 0 aliphatic rings. The zero-order valence-corrected chi connectivity index (χ0v) is 16.9. The van der Waals surface area contributed by atoms with Crippen LogP contribution in [0.4, 0.5) is 0 Å². The molecule has 150 valence electrons. The third-order valence-electron chi connectivity index (χ3n) is 4.60. The van der Waals surface area contributed by atoms with Crippen molar-refractivity contribution in [1.82, 2.24) is 4.90 Å². The van der Waals surface area contributed by atoms with Crippen LogP contribution in [-0.4, -0.2) is 44.7 Å². The summed E-state index contributed by atoms with van der Waals surface area (Å²) >= 11 is 0. The molecule has 28 heavy (non-hydrogen) atoms. The summed E-state index contributed by atoms with van der Waals surface area (Å²) in [5.41, 5.74) is 3.04. The van der Waals surface area contributed by atoms with Crippen LogP contribution in [0.15, 0.2) is 42.5 Å². The molecular weight excluding hydrogens is 358 g/mol. The monoisotopic (exact) mass is 385 g/mol. The van der Waals surface area contributed by atoms with Crippen LogP contribution in [0, 0.1) is 6.92 Å². The average molecular weight is 385 g/mol. The highest BCUT2D eigenvalue weighted by Gasteiger charge is 2.19. The lowest BCUT2D eigenvalue weighted by Crippen LogP contribution is -2.36. The fourth-order valence-corrected chi connectivity index (χ4v) is 2.89. The number of benzene rings is 2. The predicted molar refractivity (Wildman–Crippen MR) is 106 cm³/mol. The van der Waals surface area contributed by atoms with E-state index in [1.807, 2.05) is 49.4 Å². The molecule has 0 saturated carbocycles. The van der Waals surface area contributed by atoms with Gasteiger partial charge in [-0.2, -0.15) is 0 Å². The molecule has 0 atom stereocenters. The minimum Gasteiger partial charge on any atom is -0.493 e. The van der Waals surface area contributed by atoms with E-state index in [-0.39, 0.29) is 18.9 Å². The Labute approximate surface area is 166 Å². The molecule has 0 spiro atoms. The van der Waals surface area contributed by atoms with Crippen LogP contribution in [-0.2, 0) is 27.3 Å². The highest BCUT2D eigenvalue weighted by molar-refractivity contribution is 5.82. The van der Waals surface area contributed by atoms with Crippen molar-refractivity contribution in [2.75, 3.05) is 27.9 Å². The summed E-state index contributed by atoms with van der Waals surface area (Å²) < 4.78 is 15.3. The van der Waals surface area contributed by atoms with E-state index in [4.69, 9.17) is 14.2 Å². The minimum atomic E-state index is -0.437. The molecule has 2 rings (SSSR count). The van der Waals surface area contributed by atoms with Gasteiger partial charge < -0.3 is 19.1 Å². The van der Waals surface area contributed by atoms with Gasteiger partial charge in [0, 0.05) is 13.0 Å². The Balaban J connectivity index is 2.09. The molecule has 0 radical (unpaired) electrons. The van der Waals surface area contributed by atoms with E-state index in [0.29, 0.717) is 24.5 Å². The molecule has 0 fully saturated rings. The van der Waals surface area contributed by atoms with Crippen molar-refractivity contribution >= 4 is 11.9 Å². The van der Waals surface area contributed by atoms with E-state index in [0.717, 1.165) is 16.7 Å². The minimum absolute atomic E-state index is 0.0738. The predicted octanol–water partition coefficient (Wildman–Crippen LogP) is 3.15. The van der Waals surface area contributed by atoms with Crippen molar-refractivity contribution < 1.29 is 23.8 Å². The standard InChI is InChI=1S/C22H27NO5/c1-16-7-5-6-8-18(16)14-23(15-22(25)28-4)21(24)12-10-17-9-11-19(26-2)20(13-17)27-3/h5-9,11,13H,10,12,14-15H2,1-4H3. The number of nitrogens with zero attached hydrogens (tertiary/aromatic N) is 1. The van der Waals surface area contributed by atoms with Gasteiger partial charge in [-0.1, -0.05) is 30.3 Å². The number of aryl methyl sites for hydroxylation is 2. The summed E-state index contributed by atoms with van der Waals surface area (Å²) in [4.78, 5) is 26.1. The van der Waals surface area contributed by atoms with Crippen molar-refractivity contribution in [3.63, 3.8) is 0 Å². The molecule has 0 bridgehead atoms. The number of esters is 1. The summed E-state index contributed by atoms with van der Waals surface area (Å²) in [6.07, 6.45) is 0.809. The molecule has 0 N–H and O–H groups in total. The van der Waals surface area contributed by atoms with Crippen LogP contribution < -0.4 is 9.47 Å². The Bertz CT molecular complexity index is 818. The van der Waals surface area contributed by atoms with Crippen LogP contribution in [0.3, 0.4) is 0 Å². The normalized spacial score (nSPS) is 10.3. The first-order valence-corrected chi connectivity index (χ1v) is 9.08. The maximum atomic E-state index is 12.8. The largest absolute Gasteiger partial charge is 0.493 e. The van der Waals surface area contributed by atoms with Crippen LogP contribution in [0.2, 0.25) is 0 Å². The summed E-state index contributed by atoms with van der Waals surface area (Å²) in [5.74, 6) is 0.722. The summed E-state index contributed by atoms with van der Waals surface area (Å²) in [5, 5.41) is 0. The molecule has 6 nitrogen and oxygen atoms in total. The van der Waals surface area contributed by atoms with Gasteiger partial charge in [-0.25, -0.2) is 0 Å². The van der Waals surface area contributed by atoms with Crippen LogP contribution in [0.1, 0.15) is 23.1 Å². The lowest BCUT2D eigenvalue weighted by Gasteiger charge is -2.22. The van der Waals surface area contributed by atoms with Gasteiger partial charge >= 0.3 is 5.97 Å². The third-order valence-corrected chi connectivity index (χ3v) is 4.60.